The number of hydrogen-bond acceptors (Lipinski definition) is 6. The first-order chi connectivity index (χ1) is 8.86. The molecule has 0 aliphatic heterocycles. The van der Waals surface area contributed by atoms with Crippen molar-refractivity contribution in [2.45, 2.75) is 32.3 Å². The maximum atomic E-state index is 10.6. The largest absolute Gasteiger partial charge is 0.493 e. The number of aromatic nitrogens is 4. The minimum atomic E-state index is -0.836. The Hall–Kier alpha value is -1.47. The Morgan fingerprint density at radius 2 is 2.11 bits per heavy atom. The fourth-order valence-corrected chi connectivity index (χ4v) is 2.77. The average molecular weight is 282 g/mol. The summed E-state index contributed by atoms with van der Waals surface area (Å²) >= 11 is 1.20. The molecular weight excluding hydrogens is 264 g/mol. The van der Waals surface area contributed by atoms with Gasteiger partial charge in [0.2, 0.25) is 0 Å². The molecule has 6 nitrogen and oxygen atoms in total. The van der Waals surface area contributed by atoms with E-state index in [-0.39, 0.29) is 5.41 Å². The lowest BCUT2D eigenvalue weighted by Gasteiger charge is -2.19. The third kappa shape index (κ3) is 2.48. The van der Waals surface area contributed by atoms with E-state index in [1.54, 1.807) is 25.0 Å². The van der Waals surface area contributed by atoms with Crippen LogP contribution in [0.25, 0.3) is 0 Å². The van der Waals surface area contributed by atoms with Gasteiger partial charge < -0.3 is 9.84 Å². The Morgan fingerprint density at radius 3 is 2.68 bits per heavy atom. The fourth-order valence-electron chi connectivity index (χ4n) is 1.92. The van der Waals surface area contributed by atoms with Gasteiger partial charge in [-0.2, -0.15) is 5.10 Å². The molecule has 0 aromatic carbocycles. The lowest BCUT2D eigenvalue weighted by molar-refractivity contribution is 0.205. The van der Waals surface area contributed by atoms with E-state index in [4.69, 9.17) is 4.74 Å². The van der Waals surface area contributed by atoms with Crippen molar-refractivity contribution in [1.29, 1.82) is 0 Å². The highest BCUT2D eigenvalue weighted by Crippen LogP contribution is 2.36. The number of methoxy groups -OCH3 is 1. The van der Waals surface area contributed by atoms with Crippen LogP contribution in [-0.4, -0.2) is 31.6 Å². The number of rotatable bonds is 3. The second-order valence-corrected chi connectivity index (χ2v) is 6.15. The first-order valence-electron chi connectivity index (χ1n) is 5.93. The summed E-state index contributed by atoms with van der Waals surface area (Å²) < 4.78 is 10.8. The van der Waals surface area contributed by atoms with Gasteiger partial charge in [0, 0.05) is 12.5 Å². The van der Waals surface area contributed by atoms with Gasteiger partial charge in [-0.15, -0.1) is 5.10 Å². The van der Waals surface area contributed by atoms with Crippen LogP contribution in [0.3, 0.4) is 0 Å². The number of aliphatic hydroxyl groups is 1. The summed E-state index contributed by atoms with van der Waals surface area (Å²) in [5.41, 5.74) is 1.24. The smallest absolute Gasteiger partial charge is 0.163 e. The molecule has 104 valence electrons. The molecule has 1 unspecified atom stereocenters. The first-order valence-corrected chi connectivity index (χ1v) is 6.70. The summed E-state index contributed by atoms with van der Waals surface area (Å²) in [5.74, 6) is 0.559. The number of nitrogens with zero attached hydrogens (tertiary/aromatic N) is 4. The third-order valence-electron chi connectivity index (χ3n) is 2.90. The minimum absolute atomic E-state index is 0.171. The van der Waals surface area contributed by atoms with Crippen LogP contribution in [0.2, 0.25) is 0 Å². The lowest BCUT2D eigenvalue weighted by Crippen LogP contribution is -2.17. The molecule has 7 heteroatoms. The quantitative estimate of drug-likeness (QED) is 0.927. The van der Waals surface area contributed by atoms with Crippen molar-refractivity contribution in [2.24, 2.45) is 7.05 Å². The van der Waals surface area contributed by atoms with Crippen molar-refractivity contribution >= 4 is 11.5 Å². The molecule has 0 radical (unpaired) electrons. The van der Waals surface area contributed by atoms with Crippen LogP contribution in [0, 0.1) is 0 Å². The molecule has 19 heavy (non-hydrogen) atoms. The number of hydrogen-bond donors (Lipinski definition) is 1. The Morgan fingerprint density at radius 1 is 1.42 bits per heavy atom. The summed E-state index contributed by atoms with van der Waals surface area (Å²) in [6.07, 6.45) is 0.751. The summed E-state index contributed by atoms with van der Waals surface area (Å²) in [5, 5.41) is 18.8. The highest BCUT2D eigenvalue weighted by Gasteiger charge is 2.30. The average Bonchev–Trinajstić information content (AvgIpc) is 2.93. The van der Waals surface area contributed by atoms with Gasteiger partial charge in [0.1, 0.15) is 11.8 Å². The summed E-state index contributed by atoms with van der Waals surface area (Å²) in [7, 11) is 3.33. The number of aryl methyl sites for hydroxylation is 1. The van der Waals surface area contributed by atoms with E-state index in [1.807, 2.05) is 20.8 Å². The lowest BCUT2D eigenvalue weighted by atomic mass is 9.90. The minimum Gasteiger partial charge on any atom is -0.493 e. The zero-order valence-electron chi connectivity index (χ0n) is 11.7. The number of ether oxygens (including phenoxy) is 1. The molecule has 2 rings (SSSR count). The van der Waals surface area contributed by atoms with E-state index in [2.05, 4.69) is 14.7 Å². The summed E-state index contributed by atoms with van der Waals surface area (Å²) in [4.78, 5) is 0.731. The normalized spacial score (nSPS) is 13.6. The van der Waals surface area contributed by atoms with Crippen molar-refractivity contribution in [1.82, 2.24) is 19.4 Å². The van der Waals surface area contributed by atoms with Crippen molar-refractivity contribution in [3.05, 3.63) is 22.5 Å². The van der Waals surface area contributed by atoms with Gasteiger partial charge >= 0.3 is 0 Å². The van der Waals surface area contributed by atoms with Gasteiger partial charge in [-0.1, -0.05) is 25.3 Å². The van der Waals surface area contributed by atoms with E-state index in [1.165, 1.54) is 11.5 Å². The second kappa shape index (κ2) is 4.90. The zero-order chi connectivity index (χ0) is 14.2. The van der Waals surface area contributed by atoms with Crippen LogP contribution in [-0.2, 0) is 12.5 Å². The molecule has 2 aromatic heterocycles. The van der Waals surface area contributed by atoms with Gasteiger partial charge in [-0.25, -0.2) is 0 Å². The highest BCUT2D eigenvalue weighted by atomic mass is 32.1. The molecule has 0 fully saturated rings. The van der Waals surface area contributed by atoms with Crippen LogP contribution in [0.5, 0.6) is 5.75 Å². The van der Waals surface area contributed by atoms with E-state index in [0.717, 1.165) is 10.6 Å². The maximum Gasteiger partial charge on any atom is 0.163 e. The molecule has 0 aliphatic rings. The molecule has 2 aromatic rings. The number of aliphatic hydroxyl groups excluding tert-OH is 1. The van der Waals surface area contributed by atoms with Crippen molar-refractivity contribution < 1.29 is 9.84 Å². The van der Waals surface area contributed by atoms with E-state index < -0.39 is 6.10 Å². The molecule has 0 saturated heterocycles. The molecule has 0 spiro atoms. The standard InChI is InChI=1S/C12H18N4O2S/c1-12(2,3)11-10(19-15-14-11)9(17)8-7(18-5)6-13-16(8)4/h6,9,17H,1-5H3. The molecule has 0 aliphatic carbocycles. The molecule has 1 N–H and O–H groups in total. The van der Waals surface area contributed by atoms with Crippen LogP contribution >= 0.6 is 11.5 Å². The topological polar surface area (TPSA) is 73.1 Å². The van der Waals surface area contributed by atoms with Gasteiger partial charge in [0.05, 0.1) is 23.9 Å². The van der Waals surface area contributed by atoms with Crippen LogP contribution in [0.15, 0.2) is 6.20 Å². The monoisotopic (exact) mass is 282 g/mol. The summed E-state index contributed by atoms with van der Waals surface area (Å²) in [6.45, 7) is 6.13. The molecule has 1 atom stereocenters. The molecular formula is C12H18N4O2S. The second-order valence-electron chi connectivity index (χ2n) is 5.36. The van der Waals surface area contributed by atoms with Crippen LogP contribution < -0.4 is 4.74 Å². The molecule has 2 heterocycles. The highest BCUT2D eigenvalue weighted by molar-refractivity contribution is 7.05. The van der Waals surface area contributed by atoms with E-state index in [9.17, 15) is 5.11 Å². The first kappa shape index (κ1) is 14.0. The Balaban J connectivity index is 2.48. The van der Waals surface area contributed by atoms with Gasteiger partial charge in [-0.3, -0.25) is 4.68 Å². The predicted octanol–water partition coefficient (Wildman–Crippen LogP) is 1.66. The zero-order valence-corrected chi connectivity index (χ0v) is 12.5. The summed E-state index contributed by atoms with van der Waals surface area (Å²) in [6, 6.07) is 0. The maximum absolute atomic E-state index is 10.6. The van der Waals surface area contributed by atoms with Crippen molar-refractivity contribution in [3.8, 4) is 5.75 Å². The Kier molecular flexibility index (Phi) is 3.60. The van der Waals surface area contributed by atoms with Gasteiger partial charge in [0.25, 0.3) is 0 Å². The van der Waals surface area contributed by atoms with Gasteiger partial charge in [-0.05, 0) is 11.5 Å². The fraction of sp³-hybridized carbons (Fsp3) is 0.583. The predicted molar refractivity (Wildman–Crippen MR) is 72.4 cm³/mol. The SMILES string of the molecule is COc1cnn(C)c1C(O)c1snnc1C(C)(C)C. The van der Waals surface area contributed by atoms with E-state index >= 15 is 0 Å². The van der Waals surface area contributed by atoms with Gasteiger partial charge in [0.15, 0.2) is 5.75 Å². The molecule has 0 saturated carbocycles. The van der Waals surface area contributed by atoms with E-state index in [0.29, 0.717) is 11.4 Å². The molecule has 0 bridgehead atoms. The Bertz CT molecular complexity index is 571. The van der Waals surface area contributed by atoms with Crippen LogP contribution in [0.4, 0.5) is 0 Å². The van der Waals surface area contributed by atoms with Crippen molar-refractivity contribution in [3.63, 3.8) is 0 Å². The Labute approximate surface area is 116 Å². The molecule has 0 amide bonds. The van der Waals surface area contributed by atoms with Crippen LogP contribution in [0.1, 0.15) is 43.1 Å². The van der Waals surface area contributed by atoms with Crippen molar-refractivity contribution in [2.75, 3.05) is 7.11 Å². The third-order valence-corrected chi connectivity index (χ3v) is 3.68.